The van der Waals surface area contributed by atoms with Crippen LogP contribution in [0.3, 0.4) is 0 Å². The van der Waals surface area contributed by atoms with Crippen molar-refractivity contribution in [3.63, 3.8) is 0 Å². The Morgan fingerprint density at radius 3 is 2.58 bits per heavy atom. The molecule has 0 aliphatic carbocycles. The fraction of sp³-hybridized carbons (Fsp3) is 0.786. The lowest BCUT2D eigenvalue weighted by Gasteiger charge is -2.25. The van der Waals surface area contributed by atoms with Gasteiger partial charge in [0.15, 0.2) is 0 Å². The lowest BCUT2D eigenvalue weighted by atomic mass is 10.0. The van der Waals surface area contributed by atoms with Gasteiger partial charge in [-0.15, -0.1) is 11.3 Å². The van der Waals surface area contributed by atoms with Crippen molar-refractivity contribution >= 4 is 11.3 Å². The van der Waals surface area contributed by atoms with E-state index in [2.05, 4.69) is 26.1 Å². The molecule has 0 amide bonds. The highest BCUT2D eigenvalue weighted by molar-refractivity contribution is 7.11. The molecule has 0 spiro atoms. The van der Waals surface area contributed by atoms with E-state index in [9.17, 15) is 0 Å². The van der Waals surface area contributed by atoms with Crippen LogP contribution >= 0.6 is 11.3 Å². The molecular formula is C14H26N2O2S. The molecule has 4 nitrogen and oxygen atoms in total. The van der Waals surface area contributed by atoms with Gasteiger partial charge in [0.25, 0.3) is 0 Å². The van der Waals surface area contributed by atoms with E-state index in [0.717, 1.165) is 30.2 Å². The third-order valence-electron chi connectivity index (χ3n) is 3.18. The Balaban J connectivity index is 3.00. The number of thiazole rings is 1. The summed E-state index contributed by atoms with van der Waals surface area (Å²) in [4.78, 5) is 5.99. The zero-order valence-electron chi connectivity index (χ0n) is 12.7. The van der Waals surface area contributed by atoms with Crippen LogP contribution in [0, 0.1) is 0 Å². The molecule has 110 valence electrons. The van der Waals surface area contributed by atoms with Gasteiger partial charge in [-0.3, -0.25) is 0 Å². The van der Waals surface area contributed by atoms with E-state index < -0.39 is 0 Å². The second-order valence-corrected chi connectivity index (χ2v) is 5.70. The van der Waals surface area contributed by atoms with Gasteiger partial charge in [0.2, 0.25) is 0 Å². The van der Waals surface area contributed by atoms with E-state index in [1.165, 1.54) is 4.88 Å². The first-order valence-corrected chi connectivity index (χ1v) is 7.75. The quantitative estimate of drug-likeness (QED) is 0.757. The molecule has 0 aliphatic rings. The SMILES string of the molecule is CCNCc1sc(C(C)(CC)OCC)nc1COC. The lowest BCUT2D eigenvalue weighted by molar-refractivity contribution is -0.0326. The number of hydrogen-bond acceptors (Lipinski definition) is 5. The van der Waals surface area contributed by atoms with Crippen molar-refractivity contribution in [1.29, 1.82) is 0 Å². The van der Waals surface area contributed by atoms with Gasteiger partial charge in [-0.25, -0.2) is 4.98 Å². The summed E-state index contributed by atoms with van der Waals surface area (Å²) in [6.45, 7) is 11.4. The van der Waals surface area contributed by atoms with Gasteiger partial charge in [0.1, 0.15) is 10.6 Å². The highest BCUT2D eigenvalue weighted by Crippen LogP contribution is 2.34. The molecule has 1 rings (SSSR count). The number of aromatic nitrogens is 1. The molecule has 5 heteroatoms. The number of methoxy groups -OCH3 is 1. The Morgan fingerprint density at radius 1 is 1.32 bits per heavy atom. The summed E-state index contributed by atoms with van der Waals surface area (Å²) in [7, 11) is 1.71. The first-order chi connectivity index (χ1) is 9.11. The Labute approximate surface area is 120 Å². The summed E-state index contributed by atoms with van der Waals surface area (Å²) in [6, 6.07) is 0. The summed E-state index contributed by atoms with van der Waals surface area (Å²) in [6.07, 6.45) is 0.918. The van der Waals surface area contributed by atoms with Crippen LogP contribution in [0.2, 0.25) is 0 Å². The van der Waals surface area contributed by atoms with Gasteiger partial charge >= 0.3 is 0 Å². The van der Waals surface area contributed by atoms with Crippen LogP contribution in [0.25, 0.3) is 0 Å². The molecule has 0 aliphatic heterocycles. The van der Waals surface area contributed by atoms with E-state index in [1.54, 1.807) is 18.4 Å². The molecule has 0 bridgehead atoms. The topological polar surface area (TPSA) is 43.4 Å². The Bertz CT molecular complexity index is 382. The summed E-state index contributed by atoms with van der Waals surface area (Å²) in [5.74, 6) is 0. The minimum Gasteiger partial charge on any atom is -0.378 e. The smallest absolute Gasteiger partial charge is 0.125 e. The molecule has 1 unspecified atom stereocenters. The molecule has 1 N–H and O–H groups in total. The lowest BCUT2D eigenvalue weighted by Crippen LogP contribution is -2.24. The van der Waals surface area contributed by atoms with Gasteiger partial charge in [0.05, 0.1) is 12.3 Å². The van der Waals surface area contributed by atoms with Crippen LogP contribution in [0.5, 0.6) is 0 Å². The van der Waals surface area contributed by atoms with Crippen LogP contribution < -0.4 is 5.32 Å². The minimum atomic E-state index is -0.285. The fourth-order valence-corrected chi connectivity index (χ4v) is 3.07. The van der Waals surface area contributed by atoms with Crippen molar-refractivity contribution in [2.75, 3.05) is 20.3 Å². The highest BCUT2D eigenvalue weighted by atomic mass is 32.1. The maximum absolute atomic E-state index is 5.90. The molecule has 1 aromatic heterocycles. The van der Waals surface area contributed by atoms with Crippen LogP contribution in [0.1, 0.15) is 49.7 Å². The molecule has 1 atom stereocenters. The van der Waals surface area contributed by atoms with Crippen LogP contribution in [0.4, 0.5) is 0 Å². The highest BCUT2D eigenvalue weighted by Gasteiger charge is 2.30. The van der Waals surface area contributed by atoms with Gasteiger partial charge in [-0.05, 0) is 26.8 Å². The Kier molecular flexibility index (Phi) is 6.93. The summed E-state index contributed by atoms with van der Waals surface area (Å²) < 4.78 is 11.1. The second kappa shape index (κ2) is 7.94. The van der Waals surface area contributed by atoms with Crippen molar-refractivity contribution in [3.8, 4) is 0 Å². The summed E-state index contributed by atoms with van der Waals surface area (Å²) in [5.41, 5.74) is 0.745. The van der Waals surface area contributed by atoms with Crippen molar-refractivity contribution in [3.05, 3.63) is 15.6 Å². The molecule has 1 aromatic rings. The van der Waals surface area contributed by atoms with E-state index in [4.69, 9.17) is 14.5 Å². The largest absolute Gasteiger partial charge is 0.378 e. The minimum absolute atomic E-state index is 0.285. The normalized spacial score (nSPS) is 14.6. The molecule has 1 heterocycles. The van der Waals surface area contributed by atoms with E-state index in [0.29, 0.717) is 13.2 Å². The zero-order chi connectivity index (χ0) is 14.3. The number of rotatable bonds is 9. The van der Waals surface area contributed by atoms with Crippen LogP contribution in [-0.4, -0.2) is 25.2 Å². The summed E-state index contributed by atoms with van der Waals surface area (Å²) >= 11 is 1.73. The average molecular weight is 286 g/mol. The average Bonchev–Trinajstić information content (AvgIpc) is 2.81. The number of nitrogens with one attached hydrogen (secondary N) is 1. The Hall–Kier alpha value is -0.490. The van der Waals surface area contributed by atoms with Gasteiger partial charge in [0, 0.05) is 25.1 Å². The van der Waals surface area contributed by atoms with Gasteiger partial charge in [-0.1, -0.05) is 13.8 Å². The Morgan fingerprint density at radius 2 is 2.05 bits per heavy atom. The van der Waals surface area contributed by atoms with Crippen molar-refractivity contribution in [2.45, 2.75) is 52.9 Å². The number of nitrogens with zero attached hydrogens (tertiary/aromatic N) is 1. The van der Waals surface area contributed by atoms with Crippen LogP contribution in [0.15, 0.2) is 0 Å². The first kappa shape index (κ1) is 16.6. The fourth-order valence-electron chi connectivity index (χ4n) is 1.87. The molecular weight excluding hydrogens is 260 g/mol. The maximum Gasteiger partial charge on any atom is 0.125 e. The van der Waals surface area contributed by atoms with E-state index in [1.807, 2.05) is 6.92 Å². The second-order valence-electron chi connectivity index (χ2n) is 4.62. The summed E-state index contributed by atoms with van der Waals surface area (Å²) in [5, 5.41) is 4.40. The third-order valence-corrected chi connectivity index (χ3v) is 4.53. The molecule has 0 fully saturated rings. The number of ether oxygens (including phenoxy) is 2. The van der Waals surface area contributed by atoms with Crippen molar-refractivity contribution in [1.82, 2.24) is 10.3 Å². The standard InChI is InChI=1S/C14H26N2O2S/c1-6-14(4,18-8-3)13-16-11(10-17-5)12(19-13)9-15-7-2/h15H,6-10H2,1-5H3. The van der Waals surface area contributed by atoms with Crippen molar-refractivity contribution in [2.24, 2.45) is 0 Å². The van der Waals surface area contributed by atoms with Crippen molar-refractivity contribution < 1.29 is 9.47 Å². The predicted molar refractivity (Wildman–Crippen MR) is 79.5 cm³/mol. The molecule has 19 heavy (non-hydrogen) atoms. The molecule has 0 saturated carbocycles. The number of hydrogen-bond donors (Lipinski definition) is 1. The zero-order valence-corrected chi connectivity index (χ0v) is 13.5. The molecule has 0 saturated heterocycles. The maximum atomic E-state index is 5.90. The van der Waals surface area contributed by atoms with E-state index >= 15 is 0 Å². The third kappa shape index (κ3) is 4.24. The van der Waals surface area contributed by atoms with E-state index in [-0.39, 0.29) is 5.60 Å². The monoisotopic (exact) mass is 286 g/mol. The van der Waals surface area contributed by atoms with Crippen LogP contribution in [-0.2, 0) is 28.2 Å². The molecule has 0 aromatic carbocycles. The first-order valence-electron chi connectivity index (χ1n) is 6.93. The predicted octanol–water partition coefficient (Wildman–Crippen LogP) is 3.06. The van der Waals surface area contributed by atoms with Gasteiger partial charge < -0.3 is 14.8 Å². The van der Waals surface area contributed by atoms with Gasteiger partial charge in [-0.2, -0.15) is 0 Å². The molecule has 0 radical (unpaired) electrons.